The average molecular weight is 526 g/mol. The number of rotatable bonds is 4. The van der Waals surface area contributed by atoms with Gasteiger partial charge in [-0.1, -0.05) is 6.42 Å². The number of hydrogen-bond acceptors (Lipinski definition) is 7. The lowest BCUT2D eigenvalue weighted by molar-refractivity contribution is -0.146. The summed E-state index contributed by atoms with van der Waals surface area (Å²) in [7, 11) is 0. The van der Waals surface area contributed by atoms with Gasteiger partial charge in [0.15, 0.2) is 11.5 Å². The lowest BCUT2D eigenvalue weighted by Crippen LogP contribution is -2.38. The number of nitrogens with zero attached hydrogens (tertiary/aromatic N) is 8. The molecule has 10 nitrogen and oxygen atoms in total. The quantitative estimate of drug-likeness (QED) is 0.430. The third-order valence-electron chi connectivity index (χ3n) is 7.21. The summed E-state index contributed by atoms with van der Waals surface area (Å²) in [5.41, 5.74) is 1.69. The van der Waals surface area contributed by atoms with E-state index in [9.17, 15) is 18.0 Å². The Balaban J connectivity index is 1.08. The van der Waals surface area contributed by atoms with E-state index in [-0.39, 0.29) is 17.5 Å². The van der Waals surface area contributed by atoms with Crippen LogP contribution in [0.25, 0.3) is 17.0 Å². The second-order valence-corrected chi connectivity index (χ2v) is 9.71. The summed E-state index contributed by atoms with van der Waals surface area (Å²) in [6.45, 7) is 1.91. The predicted octanol–water partition coefficient (Wildman–Crippen LogP) is 3.98. The van der Waals surface area contributed by atoms with Crippen molar-refractivity contribution in [1.29, 1.82) is 0 Å². The van der Waals surface area contributed by atoms with E-state index < -0.39 is 12.0 Å². The first-order valence-corrected chi connectivity index (χ1v) is 12.7. The molecule has 1 fully saturated rings. The van der Waals surface area contributed by atoms with Gasteiger partial charge in [0.05, 0.1) is 0 Å². The summed E-state index contributed by atoms with van der Waals surface area (Å²) >= 11 is 0. The Morgan fingerprint density at radius 1 is 0.895 bits per heavy atom. The van der Waals surface area contributed by atoms with Crippen LogP contribution >= 0.6 is 0 Å². The second kappa shape index (κ2) is 9.69. The average Bonchev–Trinajstić information content (AvgIpc) is 3.46. The number of aromatic nitrogens is 7. The predicted molar refractivity (Wildman–Crippen MR) is 132 cm³/mol. The van der Waals surface area contributed by atoms with Crippen molar-refractivity contribution < 1.29 is 18.0 Å². The van der Waals surface area contributed by atoms with Crippen molar-refractivity contribution in [3.05, 3.63) is 48.0 Å². The van der Waals surface area contributed by atoms with Crippen LogP contribution in [0.2, 0.25) is 0 Å². The van der Waals surface area contributed by atoms with Gasteiger partial charge in [0.1, 0.15) is 11.6 Å². The van der Waals surface area contributed by atoms with E-state index in [1.54, 1.807) is 6.07 Å². The van der Waals surface area contributed by atoms with Crippen molar-refractivity contribution in [1.82, 2.24) is 34.6 Å². The smallest absolute Gasteiger partial charge is 0.355 e. The molecule has 0 spiro atoms. The highest BCUT2D eigenvalue weighted by Crippen LogP contribution is 2.29. The molecule has 3 aromatic heterocycles. The number of halogens is 3. The maximum Gasteiger partial charge on any atom is 0.453 e. The maximum atomic E-state index is 13.2. The molecule has 0 atom stereocenters. The number of benzene rings is 1. The standard InChI is InChI=1S/C25H26F3N9O/c26-25(27,28)24-33-31-20-9-10-21(34-37(20)24)35-14-11-17(12-15-35)23(38)29-18-7-5-16(6-8-18)22-32-30-19-4-2-1-3-13-36(19)22/h5-10,17H,1-4,11-15H2,(H,29,38). The number of hydrogen-bond donors (Lipinski definition) is 1. The SMILES string of the molecule is O=C(Nc1ccc(-c2nnc3n2CCCCC3)cc1)C1CCN(c2ccc3nnc(C(F)(F)F)n3n2)CC1. The Morgan fingerprint density at radius 3 is 2.45 bits per heavy atom. The number of alkyl halides is 3. The summed E-state index contributed by atoms with van der Waals surface area (Å²) < 4.78 is 42.5. The molecule has 13 heteroatoms. The minimum Gasteiger partial charge on any atom is -0.355 e. The van der Waals surface area contributed by atoms with Gasteiger partial charge in [0, 0.05) is 43.2 Å². The van der Waals surface area contributed by atoms with Crippen LogP contribution in [-0.2, 0) is 23.9 Å². The number of fused-ring (bicyclic) bond motifs is 2. The fraction of sp³-hybridized carbons (Fsp3) is 0.440. The van der Waals surface area contributed by atoms with Crippen molar-refractivity contribution in [3.63, 3.8) is 0 Å². The highest BCUT2D eigenvalue weighted by molar-refractivity contribution is 5.93. The molecular weight excluding hydrogens is 499 g/mol. The number of aryl methyl sites for hydroxylation is 1. The largest absolute Gasteiger partial charge is 0.453 e. The topological polar surface area (TPSA) is 106 Å². The Morgan fingerprint density at radius 2 is 1.68 bits per heavy atom. The summed E-state index contributed by atoms with van der Waals surface area (Å²) in [4.78, 5) is 14.8. The first-order valence-electron chi connectivity index (χ1n) is 12.7. The van der Waals surface area contributed by atoms with E-state index in [1.807, 2.05) is 29.2 Å². The van der Waals surface area contributed by atoms with Crippen LogP contribution in [0, 0.1) is 5.92 Å². The molecule has 5 heterocycles. The third kappa shape index (κ3) is 4.68. The Kier molecular flexibility index (Phi) is 6.20. The molecule has 1 amide bonds. The molecule has 38 heavy (non-hydrogen) atoms. The Bertz CT molecular complexity index is 1450. The maximum absolute atomic E-state index is 13.2. The molecule has 2 aliphatic rings. The molecule has 0 bridgehead atoms. The molecule has 2 aliphatic heterocycles. The van der Waals surface area contributed by atoms with Crippen molar-refractivity contribution >= 4 is 23.1 Å². The van der Waals surface area contributed by atoms with Crippen molar-refractivity contribution in [2.45, 2.75) is 51.2 Å². The van der Waals surface area contributed by atoms with Crippen LogP contribution in [-0.4, -0.2) is 53.6 Å². The van der Waals surface area contributed by atoms with E-state index in [1.165, 1.54) is 12.5 Å². The van der Waals surface area contributed by atoms with Crippen LogP contribution < -0.4 is 10.2 Å². The highest BCUT2D eigenvalue weighted by atomic mass is 19.4. The zero-order valence-corrected chi connectivity index (χ0v) is 20.5. The van der Waals surface area contributed by atoms with Gasteiger partial charge >= 0.3 is 6.18 Å². The van der Waals surface area contributed by atoms with Gasteiger partial charge in [-0.25, -0.2) is 0 Å². The van der Waals surface area contributed by atoms with Gasteiger partial charge in [-0.15, -0.1) is 25.5 Å². The van der Waals surface area contributed by atoms with E-state index >= 15 is 0 Å². The molecule has 0 saturated carbocycles. The van der Waals surface area contributed by atoms with Crippen molar-refractivity contribution in [2.75, 3.05) is 23.3 Å². The summed E-state index contributed by atoms with van der Waals surface area (Å²) in [6, 6.07) is 10.7. The zero-order chi connectivity index (χ0) is 26.3. The highest BCUT2D eigenvalue weighted by Gasteiger charge is 2.38. The van der Waals surface area contributed by atoms with E-state index in [4.69, 9.17) is 0 Å². The number of anilines is 2. The van der Waals surface area contributed by atoms with Crippen LogP contribution in [0.3, 0.4) is 0 Å². The molecule has 0 aliphatic carbocycles. The normalized spacial score (nSPS) is 16.9. The molecule has 1 saturated heterocycles. The number of carbonyl (C=O) groups excluding carboxylic acids is 1. The fourth-order valence-corrected chi connectivity index (χ4v) is 5.14. The minimum absolute atomic E-state index is 0.0285. The molecule has 4 aromatic rings. The van der Waals surface area contributed by atoms with Crippen molar-refractivity contribution in [2.24, 2.45) is 5.92 Å². The Labute approximate surface area is 215 Å². The molecular formula is C25H26F3N9O. The van der Waals surface area contributed by atoms with Gasteiger partial charge < -0.3 is 14.8 Å². The second-order valence-electron chi connectivity index (χ2n) is 9.71. The van der Waals surface area contributed by atoms with Gasteiger partial charge in [0.25, 0.3) is 5.82 Å². The monoisotopic (exact) mass is 525 g/mol. The van der Waals surface area contributed by atoms with Gasteiger partial charge in [-0.3, -0.25) is 4.79 Å². The zero-order valence-electron chi connectivity index (χ0n) is 20.5. The van der Waals surface area contributed by atoms with Gasteiger partial charge in [0.2, 0.25) is 5.91 Å². The molecule has 0 unspecified atom stereocenters. The van der Waals surface area contributed by atoms with E-state index in [2.05, 4.69) is 35.4 Å². The summed E-state index contributed by atoms with van der Waals surface area (Å²) in [5, 5.41) is 22.6. The third-order valence-corrected chi connectivity index (χ3v) is 7.21. The first kappa shape index (κ1) is 24.3. The minimum atomic E-state index is -4.65. The van der Waals surface area contributed by atoms with Crippen LogP contribution in [0.4, 0.5) is 24.7 Å². The number of carbonyl (C=O) groups is 1. The fourth-order valence-electron chi connectivity index (χ4n) is 5.14. The molecule has 1 N–H and O–H groups in total. The van der Waals surface area contributed by atoms with Gasteiger partial charge in [-0.2, -0.15) is 17.7 Å². The number of nitrogens with one attached hydrogen (secondary N) is 1. The first-order chi connectivity index (χ1) is 18.4. The van der Waals surface area contributed by atoms with Crippen LogP contribution in [0.15, 0.2) is 36.4 Å². The van der Waals surface area contributed by atoms with Crippen LogP contribution in [0.1, 0.15) is 43.8 Å². The number of piperidine rings is 1. The lowest BCUT2D eigenvalue weighted by Gasteiger charge is -2.32. The van der Waals surface area contributed by atoms with Gasteiger partial charge in [-0.05, 0) is 62.1 Å². The molecule has 198 valence electrons. The summed E-state index contributed by atoms with van der Waals surface area (Å²) in [5.74, 6) is 0.835. The van der Waals surface area contributed by atoms with Crippen molar-refractivity contribution in [3.8, 4) is 11.4 Å². The van der Waals surface area contributed by atoms with Crippen LogP contribution in [0.5, 0.6) is 0 Å². The molecule has 6 rings (SSSR count). The Hall–Kier alpha value is -4.03. The lowest BCUT2D eigenvalue weighted by atomic mass is 9.95. The molecule has 1 aromatic carbocycles. The summed E-state index contributed by atoms with van der Waals surface area (Å²) in [6.07, 6.45) is 0.857. The number of amides is 1. The molecule has 0 radical (unpaired) electrons. The van der Waals surface area contributed by atoms with E-state index in [0.717, 1.165) is 43.0 Å². The van der Waals surface area contributed by atoms with E-state index in [0.29, 0.717) is 42.0 Å².